The smallest absolute Gasteiger partial charge is 0.410 e. The van der Waals surface area contributed by atoms with Crippen molar-refractivity contribution in [1.82, 2.24) is 39.7 Å². The van der Waals surface area contributed by atoms with Gasteiger partial charge < -0.3 is 39.8 Å². The molecule has 4 fully saturated rings. The number of nitrogens with zero attached hydrogens (tertiary/aromatic N) is 8. The number of aromatic nitrogens is 6. The lowest BCUT2D eigenvalue weighted by Gasteiger charge is -2.48. The molecule has 4 saturated heterocycles. The molecule has 8 rings (SSSR count). The molecule has 0 aliphatic carbocycles. The molecule has 0 spiro atoms. The van der Waals surface area contributed by atoms with Crippen LogP contribution in [-0.2, 0) is 9.47 Å². The number of pyridine rings is 2. The Morgan fingerprint density at radius 1 is 0.646 bits per heavy atom. The highest BCUT2D eigenvalue weighted by atomic mass is 35.5. The van der Waals surface area contributed by atoms with E-state index in [4.69, 9.17) is 36.3 Å². The molecule has 16 nitrogen and oxygen atoms in total. The second kappa shape index (κ2) is 21.2. The summed E-state index contributed by atoms with van der Waals surface area (Å²) in [4.78, 5) is 54.6. The van der Waals surface area contributed by atoms with E-state index in [0.717, 1.165) is 98.1 Å². The van der Waals surface area contributed by atoms with Gasteiger partial charge in [-0.15, -0.1) is 0 Å². The maximum absolute atomic E-state index is 12.8. The Balaban J connectivity index is 0.000000188. The summed E-state index contributed by atoms with van der Waals surface area (Å²) in [7, 11) is 0. The average molecular weight is 916 g/mol. The van der Waals surface area contributed by atoms with Crippen LogP contribution in [0.1, 0.15) is 128 Å². The molecule has 3 N–H and O–H groups in total. The third kappa shape index (κ3) is 13.3. The number of nitrogens with one attached hydrogen (secondary N) is 1. The van der Waals surface area contributed by atoms with E-state index in [1.807, 2.05) is 103 Å². The number of hydrogen-bond donors (Lipinski definition) is 2. The first-order valence-electron chi connectivity index (χ1n) is 22.8. The van der Waals surface area contributed by atoms with Crippen molar-refractivity contribution in [3.05, 3.63) is 77.0 Å². The van der Waals surface area contributed by atoms with E-state index in [1.165, 1.54) is 12.7 Å². The van der Waals surface area contributed by atoms with Crippen LogP contribution in [0, 0.1) is 27.7 Å². The van der Waals surface area contributed by atoms with E-state index < -0.39 is 11.2 Å². The summed E-state index contributed by atoms with van der Waals surface area (Å²) < 4.78 is 23.8. The Labute approximate surface area is 388 Å². The van der Waals surface area contributed by atoms with E-state index in [1.54, 1.807) is 12.4 Å². The molecule has 0 aromatic carbocycles. The Bertz CT molecular complexity index is 2200. The topological polar surface area (TPSA) is 193 Å². The highest BCUT2D eigenvalue weighted by Crippen LogP contribution is 2.39. The van der Waals surface area contributed by atoms with Crippen molar-refractivity contribution in [3.63, 3.8) is 0 Å². The standard InChI is InChI=1S/C24H33N5O3.C18H26ClN3O3.C6H8N2/c1-15-21(28-20-10-7-11-25-16(20)2)26-14-27-22(15)31-19-12-17-8-6-9-18(13-19)29(17)23(30)32-24(3,4)5;1-11-15(19)20-10-21-16(11)24-14-8-12-6-5-7-13(9-14)22(12)17(23)25-18(2,3)4;1-5-6(7)3-2-4-8-5/h7,10-11,14,17-19H,6,8-9,12-13H2,1-5H3,(H,26,27,28);10,12-14H,5-9H2,1-4H3;2-4H,7H2,1H3. The molecule has 4 aromatic rings. The number of aryl methyl sites for hydroxylation is 2. The van der Waals surface area contributed by atoms with Crippen molar-refractivity contribution in [2.45, 2.75) is 181 Å². The first kappa shape index (κ1) is 48.9. The molecule has 4 aliphatic heterocycles. The summed E-state index contributed by atoms with van der Waals surface area (Å²) in [5, 5.41) is 3.75. The summed E-state index contributed by atoms with van der Waals surface area (Å²) in [5.74, 6) is 1.82. The van der Waals surface area contributed by atoms with Crippen LogP contribution in [0.2, 0.25) is 5.15 Å². The van der Waals surface area contributed by atoms with E-state index in [2.05, 4.69) is 35.2 Å². The van der Waals surface area contributed by atoms with Gasteiger partial charge in [-0.1, -0.05) is 11.6 Å². The van der Waals surface area contributed by atoms with Crippen LogP contribution in [0.3, 0.4) is 0 Å². The van der Waals surface area contributed by atoms with Gasteiger partial charge in [0, 0.05) is 67.8 Å². The third-order valence-corrected chi connectivity index (χ3v) is 12.3. The predicted molar refractivity (Wildman–Crippen MR) is 250 cm³/mol. The Morgan fingerprint density at radius 2 is 1.09 bits per heavy atom. The van der Waals surface area contributed by atoms with E-state index in [-0.39, 0.29) is 48.6 Å². The molecule has 4 aromatic heterocycles. The van der Waals surface area contributed by atoms with Crippen LogP contribution in [0.15, 0.2) is 49.3 Å². The summed E-state index contributed by atoms with van der Waals surface area (Å²) in [6.07, 6.45) is 15.4. The highest BCUT2D eigenvalue weighted by Gasteiger charge is 2.45. The quantitative estimate of drug-likeness (QED) is 0.174. The lowest BCUT2D eigenvalue weighted by molar-refractivity contribution is -0.0423. The molecule has 4 bridgehead atoms. The number of halogens is 1. The van der Waals surface area contributed by atoms with Gasteiger partial charge in [0.2, 0.25) is 11.8 Å². The fourth-order valence-corrected chi connectivity index (χ4v) is 8.97. The van der Waals surface area contributed by atoms with Crippen molar-refractivity contribution >= 4 is 41.0 Å². The molecule has 0 saturated carbocycles. The number of nitrogens with two attached hydrogens (primary N) is 1. The minimum atomic E-state index is -0.493. The van der Waals surface area contributed by atoms with Gasteiger partial charge in [-0.25, -0.2) is 29.5 Å². The van der Waals surface area contributed by atoms with Crippen molar-refractivity contribution in [1.29, 1.82) is 0 Å². The number of carbonyl (C=O) groups is 2. The molecule has 17 heteroatoms. The van der Waals surface area contributed by atoms with E-state index >= 15 is 0 Å². The van der Waals surface area contributed by atoms with Crippen molar-refractivity contribution in [2.75, 3.05) is 11.1 Å². The van der Waals surface area contributed by atoms with E-state index in [9.17, 15) is 9.59 Å². The summed E-state index contributed by atoms with van der Waals surface area (Å²) in [5.41, 5.74) is 9.55. The number of anilines is 3. The normalized spacial score (nSPS) is 22.5. The summed E-state index contributed by atoms with van der Waals surface area (Å²) >= 11 is 6.05. The van der Waals surface area contributed by atoms with E-state index in [0.29, 0.717) is 22.7 Å². The maximum atomic E-state index is 12.8. The Morgan fingerprint density at radius 3 is 1.52 bits per heavy atom. The number of amides is 2. The van der Waals surface area contributed by atoms with Crippen LogP contribution >= 0.6 is 11.6 Å². The number of nitrogen functional groups attached to an aromatic ring is 1. The molecule has 352 valence electrons. The third-order valence-electron chi connectivity index (χ3n) is 12.0. The number of ether oxygens (including phenoxy) is 4. The SMILES string of the molecule is Cc1c(Cl)ncnc1OC1CC2CCCC(C1)N2C(=O)OC(C)(C)C.Cc1ncccc1N.Cc1ncccc1Nc1ncnc(OC2CC3CCCC(C2)N3C(=O)OC(C)(C)C)c1C. The summed E-state index contributed by atoms with van der Waals surface area (Å²) in [6, 6.07) is 8.11. The highest BCUT2D eigenvalue weighted by molar-refractivity contribution is 6.30. The molecule has 65 heavy (non-hydrogen) atoms. The van der Waals surface area contributed by atoms with Crippen molar-refractivity contribution < 1.29 is 28.5 Å². The van der Waals surface area contributed by atoms with Gasteiger partial charge in [-0.3, -0.25) is 9.97 Å². The number of fused-ring (bicyclic) bond motifs is 4. The van der Waals surface area contributed by atoms with Crippen LogP contribution in [0.5, 0.6) is 11.8 Å². The van der Waals surface area contributed by atoms with Crippen LogP contribution in [-0.4, -0.2) is 99.5 Å². The Kier molecular flexibility index (Phi) is 16.0. The van der Waals surface area contributed by atoms with Gasteiger partial charge in [0.1, 0.15) is 47.0 Å². The minimum absolute atomic E-state index is 0.00515. The van der Waals surface area contributed by atoms with Gasteiger partial charge in [0.25, 0.3) is 0 Å². The van der Waals surface area contributed by atoms with Crippen LogP contribution in [0.25, 0.3) is 0 Å². The van der Waals surface area contributed by atoms with Gasteiger partial charge in [0.15, 0.2) is 0 Å². The largest absolute Gasteiger partial charge is 0.474 e. The van der Waals surface area contributed by atoms with Gasteiger partial charge in [-0.2, -0.15) is 0 Å². The van der Waals surface area contributed by atoms with Crippen LogP contribution < -0.4 is 20.5 Å². The number of rotatable bonds is 6. The second-order valence-electron chi connectivity index (χ2n) is 19.4. The average Bonchev–Trinajstić information content (AvgIpc) is 3.21. The van der Waals surface area contributed by atoms with Crippen molar-refractivity contribution in [3.8, 4) is 11.8 Å². The fraction of sp³-hybridized carbons (Fsp3) is 0.583. The minimum Gasteiger partial charge on any atom is -0.474 e. The zero-order chi connectivity index (χ0) is 47.1. The molecule has 4 atom stereocenters. The zero-order valence-electron chi connectivity index (χ0n) is 39.6. The fourth-order valence-electron chi connectivity index (χ4n) is 8.85. The lowest BCUT2D eigenvalue weighted by atomic mass is 9.83. The zero-order valence-corrected chi connectivity index (χ0v) is 40.4. The van der Waals surface area contributed by atoms with Gasteiger partial charge >= 0.3 is 12.2 Å². The first-order valence-corrected chi connectivity index (χ1v) is 23.1. The first-order chi connectivity index (χ1) is 30.8. The summed E-state index contributed by atoms with van der Waals surface area (Å²) in [6.45, 7) is 19.1. The molecular weight excluding hydrogens is 848 g/mol. The predicted octanol–water partition coefficient (Wildman–Crippen LogP) is 10.0. The van der Waals surface area contributed by atoms with Gasteiger partial charge in [-0.05, 0) is 132 Å². The molecule has 2 amide bonds. The number of piperidine rings is 4. The Hall–Kier alpha value is -5.51. The number of carbonyl (C=O) groups excluding carboxylic acids is 2. The van der Waals surface area contributed by atoms with Gasteiger partial charge in [0.05, 0.1) is 28.3 Å². The monoisotopic (exact) mass is 914 g/mol. The molecule has 4 aliphatic rings. The maximum Gasteiger partial charge on any atom is 0.410 e. The number of hydrogen-bond acceptors (Lipinski definition) is 14. The van der Waals surface area contributed by atoms with Crippen LogP contribution in [0.4, 0.5) is 26.8 Å². The molecule has 0 radical (unpaired) electrons. The molecule has 4 unspecified atom stereocenters. The second-order valence-corrected chi connectivity index (χ2v) is 19.7. The molecule has 8 heterocycles. The lowest BCUT2D eigenvalue weighted by Crippen LogP contribution is -2.57. The molecular formula is C48H67ClN10O6. The van der Waals surface area contributed by atoms with Crippen molar-refractivity contribution in [2.24, 2.45) is 0 Å².